The van der Waals surface area contributed by atoms with Crippen LogP contribution in [0.4, 0.5) is 5.69 Å². The fraction of sp³-hybridized carbons (Fsp3) is 0.333. The molecule has 1 heterocycles. The summed E-state index contributed by atoms with van der Waals surface area (Å²) >= 11 is 5.35. The molecule has 0 spiro atoms. The molecule has 0 aliphatic heterocycles. The highest BCUT2D eigenvalue weighted by atomic mass is 32.1. The minimum absolute atomic E-state index is 0.149. The van der Waals surface area contributed by atoms with E-state index >= 15 is 0 Å². The molecule has 0 fully saturated rings. The number of hydrogen-bond donors (Lipinski definition) is 2. The van der Waals surface area contributed by atoms with Crippen LogP contribution in [0.1, 0.15) is 44.9 Å². The smallest absolute Gasteiger partial charge is 0.171 e. The van der Waals surface area contributed by atoms with Crippen LogP contribution in [0.3, 0.4) is 0 Å². The third-order valence-corrected chi connectivity index (χ3v) is 3.78. The fourth-order valence-corrected chi connectivity index (χ4v) is 2.45. The molecule has 1 aromatic carbocycles. The summed E-state index contributed by atoms with van der Waals surface area (Å²) in [4.78, 5) is 3.99. The Hall–Kier alpha value is -1.94. The lowest BCUT2D eigenvalue weighted by molar-refractivity contribution is 0.589. The predicted molar refractivity (Wildman–Crippen MR) is 97.2 cm³/mol. The van der Waals surface area contributed by atoms with Crippen molar-refractivity contribution in [2.75, 3.05) is 5.32 Å². The highest BCUT2D eigenvalue weighted by molar-refractivity contribution is 7.80. The van der Waals surface area contributed by atoms with Crippen LogP contribution >= 0.6 is 12.2 Å². The zero-order chi connectivity index (χ0) is 16.2. The van der Waals surface area contributed by atoms with Crippen molar-refractivity contribution in [1.29, 1.82) is 0 Å². The van der Waals surface area contributed by atoms with E-state index in [2.05, 4.69) is 67.6 Å². The molecular formula is C18H23N3S. The second-order valence-corrected chi connectivity index (χ2v) is 6.84. The van der Waals surface area contributed by atoms with Gasteiger partial charge in [0.2, 0.25) is 0 Å². The van der Waals surface area contributed by atoms with E-state index in [4.69, 9.17) is 12.2 Å². The molecule has 0 aliphatic carbocycles. The SMILES string of the molecule is CC(NC(=S)Nc1ccncc1)c1ccc(C(C)(C)C)cc1. The number of hydrogen-bond acceptors (Lipinski definition) is 2. The molecule has 0 aliphatic rings. The summed E-state index contributed by atoms with van der Waals surface area (Å²) in [7, 11) is 0. The summed E-state index contributed by atoms with van der Waals surface area (Å²) in [6, 6.07) is 12.6. The Balaban J connectivity index is 1.97. The van der Waals surface area contributed by atoms with Gasteiger partial charge in [0.1, 0.15) is 0 Å². The fourth-order valence-electron chi connectivity index (χ4n) is 2.15. The maximum Gasteiger partial charge on any atom is 0.171 e. The van der Waals surface area contributed by atoms with E-state index < -0.39 is 0 Å². The highest BCUT2D eigenvalue weighted by Crippen LogP contribution is 2.23. The van der Waals surface area contributed by atoms with Gasteiger partial charge in [-0.05, 0) is 47.8 Å². The number of nitrogens with zero attached hydrogens (tertiary/aromatic N) is 1. The van der Waals surface area contributed by atoms with Gasteiger partial charge in [0, 0.05) is 18.1 Å². The van der Waals surface area contributed by atoms with Crippen molar-refractivity contribution in [2.45, 2.75) is 39.2 Å². The third-order valence-electron chi connectivity index (χ3n) is 3.56. The van der Waals surface area contributed by atoms with Gasteiger partial charge in [0.15, 0.2) is 5.11 Å². The summed E-state index contributed by atoms with van der Waals surface area (Å²) in [5.41, 5.74) is 3.66. The molecule has 0 amide bonds. The standard InChI is InChI=1S/C18H23N3S/c1-13(14-5-7-15(8-6-14)18(2,3)4)20-17(22)21-16-9-11-19-12-10-16/h5-13H,1-4H3,(H2,19,20,21,22). The third kappa shape index (κ3) is 4.53. The molecule has 22 heavy (non-hydrogen) atoms. The number of aromatic nitrogens is 1. The van der Waals surface area contributed by atoms with Crippen LogP contribution in [0, 0.1) is 0 Å². The van der Waals surface area contributed by atoms with Crippen molar-refractivity contribution < 1.29 is 0 Å². The molecule has 0 bridgehead atoms. The van der Waals surface area contributed by atoms with Crippen molar-refractivity contribution in [2.24, 2.45) is 0 Å². The van der Waals surface area contributed by atoms with Crippen LogP contribution in [0.15, 0.2) is 48.8 Å². The van der Waals surface area contributed by atoms with Gasteiger partial charge in [-0.15, -0.1) is 0 Å². The van der Waals surface area contributed by atoms with E-state index in [9.17, 15) is 0 Å². The lowest BCUT2D eigenvalue weighted by Crippen LogP contribution is -2.30. The first kappa shape index (κ1) is 16.4. The molecule has 4 heteroatoms. The minimum atomic E-state index is 0.149. The Morgan fingerprint density at radius 3 is 2.18 bits per heavy atom. The largest absolute Gasteiger partial charge is 0.356 e. The second kappa shape index (κ2) is 6.88. The van der Waals surface area contributed by atoms with Gasteiger partial charge < -0.3 is 10.6 Å². The highest BCUT2D eigenvalue weighted by Gasteiger charge is 2.14. The molecule has 1 aromatic heterocycles. The van der Waals surface area contributed by atoms with E-state index in [0.717, 1.165) is 5.69 Å². The molecule has 0 saturated carbocycles. The Morgan fingerprint density at radius 2 is 1.64 bits per heavy atom. The average Bonchev–Trinajstić information content (AvgIpc) is 2.47. The summed E-state index contributed by atoms with van der Waals surface area (Å²) in [5, 5.41) is 7.07. The Kier molecular flexibility index (Phi) is 5.14. The molecule has 1 unspecified atom stereocenters. The van der Waals surface area contributed by atoms with Gasteiger partial charge in [-0.1, -0.05) is 45.0 Å². The minimum Gasteiger partial charge on any atom is -0.356 e. The molecular weight excluding hydrogens is 290 g/mol. The number of nitrogens with one attached hydrogen (secondary N) is 2. The molecule has 2 rings (SSSR count). The van der Waals surface area contributed by atoms with Gasteiger partial charge >= 0.3 is 0 Å². The van der Waals surface area contributed by atoms with Crippen LogP contribution in [0.2, 0.25) is 0 Å². The molecule has 116 valence electrons. The van der Waals surface area contributed by atoms with Crippen LogP contribution in [0.25, 0.3) is 0 Å². The van der Waals surface area contributed by atoms with E-state index in [0.29, 0.717) is 5.11 Å². The maximum atomic E-state index is 5.35. The summed E-state index contributed by atoms with van der Waals surface area (Å²) in [6.45, 7) is 8.76. The number of rotatable bonds is 3. The van der Waals surface area contributed by atoms with E-state index in [1.165, 1.54) is 11.1 Å². The molecule has 3 nitrogen and oxygen atoms in total. The quantitative estimate of drug-likeness (QED) is 0.822. The Bertz CT molecular complexity index is 615. The number of anilines is 1. The summed E-state index contributed by atoms with van der Waals surface area (Å²) in [6.07, 6.45) is 3.47. The Labute approximate surface area is 138 Å². The topological polar surface area (TPSA) is 37.0 Å². The van der Waals surface area contributed by atoms with Crippen LogP contribution in [0.5, 0.6) is 0 Å². The first-order valence-corrected chi connectivity index (χ1v) is 7.85. The molecule has 1 atom stereocenters. The van der Waals surface area contributed by atoms with E-state index in [1.54, 1.807) is 12.4 Å². The van der Waals surface area contributed by atoms with Crippen LogP contribution < -0.4 is 10.6 Å². The first-order chi connectivity index (χ1) is 10.4. The molecule has 0 saturated heterocycles. The van der Waals surface area contributed by atoms with Crippen molar-refractivity contribution in [3.63, 3.8) is 0 Å². The van der Waals surface area contributed by atoms with Gasteiger partial charge in [0.05, 0.1) is 6.04 Å². The molecule has 0 radical (unpaired) electrons. The van der Waals surface area contributed by atoms with Crippen LogP contribution in [-0.2, 0) is 5.41 Å². The van der Waals surface area contributed by atoms with Crippen molar-refractivity contribution in [3.8, 4) is 0 Å². The van der Waals surface area contributed by atoms with Crippen LogP contribution in [-0.4, -0.2) is 10.1 Å². The van der Waals surface area contributed by atoms with Crippen molar-refractivity contribution in [3.05, 3.63) is 59.9 Å². The van der Waals surface area contributed by atoms with E-state index in [-0.39, 0.29) is 11.5 Å². The van der Waals surface area contributed by atoms with E-state index in [1.807, 2.05) is 12.1 Å². The summed E-state index contributed by atoms with van der Waals surface area (Å²) < 4.78 is 0. The Morgan fingerprint density at radius 1 is 1.05 bits per heavy atom. The number of thiocarbonyl (C=S) groups is 1. The average molecular weight is 313 g/mol. The monoisotopic (exact) mass is 313 g/mol. The zero-order valence-corrected chi connectivity index (χ0v) is 14.4. The summed E-state index contributed by atoms with van der Waals surface area (Å²) in [5.74, 6) is 0. The van der Waals surface area contributed by atoms with Crippen molar-refractivity contribution >= 4 is 23.0 Å². The lowest BCUT2D eigenvalue weighted by atomic mass is 9.86. The van der Waals surface area contributed by atoms with Gasteiger partial charge in [-0.3, -0.25) is 4.98 Å². The maximum absolute atomic E-state index is 5.35. The first-order valence-electron chi connectivity index (χ1n) is 7.44. The second-order valence-electron chi connectivity index (χ2n) is 6.43. The zero-order valence-electron chi connectivity index (χ0n) is 13.6. The van der Waals surface area contributed by atoms with Gasteiger partial charge in [-0.2, -0.15) is 0 Å². The van der Waals surface area contributed by atoms with Gasteiger partial charge in [0.25, 0.3) is 0 Å². The van der Waals surface area contributed by atoms with Crippen molar-refractivity contribution in [1.82, 2.24) is 10.3 Å². The lowest BCUT2D eigenvalue weighted by Gasteiger charge is -2.21. The van der Waals surface area contributed by atoms with Gasteiger partial charge in [-0.25, -0.2) is 0 Å². The normalized spacial score (nSPS) is 12.5. The predicted octanol–water partition coefficient (Wildman–Crippen LogP) is 4.43. The molecule has 2 aromatic rings. The molecule has 2 N–H and O–H groups in total. The number of benzene rings is 1. The number of pyridine rings is 1.